The Morgan fingerprint density at radius 1 is 1.28 bits per heavy atom. The molecule has 2 N–H and O–H groups in total. The Bertz CT molecular complexity index is 926. The number of rotatable bonds is 3. The number of carbonyl (C=O) groups excluding carboxylic acids is 1. The summed E-state index contributed by atoms with van der Waals surface area (Å²) in [5.41, 5.74) is 2.34. The van der Waals surface area contributed by atoms with Gasteiger partial charge in [-0.1, -0.05) is 0 Å². The number of piperidine rings is 1. The van der Waals surface area contributed by atoms with Gasteiger partial charge in [-0.2, -0.15) is 0 Å². The second-order valence-corrected chi connectivity index (χ2v) is 7.16. The molecule has 2 aliphatic heterocycles. The third-order valence-electron chi connectivity index (χ3n) is 5.54. The van der Waals surface area contributed by atoms with Gasteiger partial charge in [-0.3, -0.25) is 4.79 Å². The summed E-state index contributed by atoms with van der Waals surface area (Å²) in [4.78, 5) is 23.1. The van der Waals surface area contributed by atoms with Crippen molar-refractivity contribution >= 4 is 22.6 Å². The van der Waals surface area contributed by atoms with Crippen LogP contribution in [-0.4, -0.2) is 40.4 Å². The molecular weight excluding hydrogens is 316 g/mol. The van der Waals surface area contributed by atoms with Crippen molar-refractivity contribution in [2.75, 3.05) is 25.0 Å². The first kappa shape index (κ1) is 14.7. The molecule has 2 unspecified atom stereocenters. The summed E-state index contributed by atoms with van der Waals surface area (Å²) >= 11 is 0. The third-order valence-corrected chi connectivity index (χ3v) is 5.54. The molecule has 6 nitrogen and oxygen atoms in total. The van der Waals surface area contributed by atoms with Crippen LogP contribution < -0.4 is 5.32 Å². The molecule has 2 atom stereocenters. The van der Waals surface area contributed by atoms with Crippen molar-refractivity contribution < 1.29 is 9.21 Å². The summed E-state index contributed by atoms with van der Waals surface area (Å²) in [5.74, 6) is 1.55. The lowest BCUT2D eigenvalue weighted by Crippen LogP contribution is -2.42. The summed E-state index contributed by atoms with van der Waals surface area (Å²) < 4.78 is 5.39. The number of aromatic amines is 1. The first-order valence-corrected chi connectivity index (χ1v) is 8.79. The van der Waals surface area contributed by atoms with Gasteiger partial charge in [0, 0.05) is 12.2 Å². The number of anilines is 1. The van der Waals surface area contributed by atoms with Gasteiger partial charge in [-0.05, 0) is 62.7 Å². The van der Waals surface area contributed by atoms with E-state index in [-0.39, 0.29) is 11.3 Å². The summed E-state index contributed by atoms with van der Waals surface area (Å²) in [6, 6.07) is 9.49. The smallest absolute Gasteiger partial charge is 0.231 e. The Balaban J connectivity index is 1.40. The maximum absolute atomic E-state index is 12.9. The molecule has 0 radical (unpaired) electrons. The van der Waals surface area contributed by atoms with Crippen LogP contribution in [0.25, 0.3) is 22.6 Å². The highest BCUT2D eigenvalue weighted by molar-refractivity contribution is 5.97. The number of imidazole rings is 1. The number of hydrogen-bond acceptors (Lipinski definition) is 4. The summed E-state index contributed by atoms with van der Waals surface area (Å²) in [6.07, 6.45) is 4.69. The summed E-state index contributed by atoms with van der Waals surface area (Å²) in [7, 11) is 0. The fraction of sp³-hybridized carbons (Fsp3) is 0.368. The van der Waals surface area contributed by atoms with E-state index >= 15 is 0 Å². The number of fused-ring (bicyclic) bond motifs is 3. The number of nitrogens with zero attached hydrogens (tertiary/aromatic N) is 2. The van der Waals surface area contributed by atoms with Gasteiger partial charge in [0.15, 0.2) is 11.6 Å². The topological polar surface area (TPSA) is 74.2 Å². The van der Waals surface area contributed by atoms with E-state index in [0.717, 1.165) is 55.6 Å². The Hall–Kier alpha value is -2.60. The van der Waals surface area contributed by atoms with E-state index in [1.54, 1.807) is 6.26 Å². The van der Waals surface area contributed by atoms with Crippen molar-refractivity contribution in [3.8, 4) is 11.6 Å². The quantitative estimate of drug-likeness (QED) is 0.770. The standard InChI is InChI=1S/C19H20N4O2/c24-18(19-6-2-8-23(12-19)9-7-19)20-13-4-5-14-15(11-13)22-17(21-14)16-3-1-10-25-16/h1,3-5,10-11H,2,6-9,12H2,(H,20,24)(H,21,22). The van der Waals surface area contributed by atoms with E-state index in [0.29, 0.717) is 11.6 Å². The lowest BCUT2D eigenvalue weighted by Gasteiger charge is -2.32. The average molecular weight is 336 g/mol. The van der Waals surface area contributed by atoms with Crippen LogP contribution in [0, 0.1) is 5.41 Å². The maximum Gasteiger partial charge on any atom is 0.231 e. The zero-order valence-electron chi connectivity index (χ0n) is 13.9. The van der Waals surface area contributed by atoms with E-state index in [1.807, 2.05) is 30.3 Å². The number of benzene rings is 1. The number of amides is 1. The summed E-state index contributed by atoms with van der Waals surface area (Å²) in [6.45, 7) is 3.07. The van der Waals surface area contributed by atoms with E-state index < -0.39 is 0 Å². The molecule has 2 aliphatic rings. The molecule has 3 aromatic rings. The Labute approximate surface area is 145 Å². The molecule has 5 rings (SSSR count). The highest BCUT2D eigenvalue weighted by Gasteiger charge is 2.46. The average Bonchev–Trinajstić information content (AvgIpc) is 3.33. The highest BCUT2D eigenvalue weighted by atomic mass is 16.3. The van der Waals surface area contributed by atoms with Crippen LogP contribution in [0.5, 0.6) is 0 Å². The van der Waals surface area contributed by atoms with Crippen molar-refractivity contribution in [2.45, 2.75) is 19.3 Å². The Kier molecular flexibility index (Phi) is 3.21. The molecule has 2 saturated heterocycles. The summed E-state index contributed by atoms with van der Waals surface area (Å²) in [5, 5.41) is 3.13. The Morgan fingerprint density at radius 2 is 2.24 bits per heavy atom. The van der Waals surface area contributed by atoms with Crippen molar-refractivity contribution in [3.05, 3.63) is 36.6 Å². The molecule has 1 aromatic carbocycles. The number of furan rings is 1. The molecule has 6 heteroatoms. The monoisotopic (exact) mass is 336 g/mol. The molecule has 2 aromatic heterocycles. The van der Waals surface area contributed by atoms with Crippen LogP contribution in [0.15, 0.2) is 41.0 Å². The lowest BCUT2D eigenvalue weighted by atomic mass is 9.80. The molecule has 2 fully saturated rings. The van der Waals surface area contributed by atoms with Gasteiger partial charge in [0.1, 0.15) is 0 Å². The van der Waals surface area contributed by atoms with Crippen LogP contribution in [-0.2, 0) is 4.79 Å². The maximum atomic E-state index is 12.9. The van der Waals surface area contributed by atoms with E-state index in [2.05, 4.69) is 20.2 Å². The van der Waals surface area contributed by atoms with Crippen LogP contribution >= 0.6 is 0 Å². The van der Waals surface area contributed by atoms with Crippen LogP contribution in [0.4, 0.5) is 5.69 Å². The largest absolute Gasteiger partial charge is 0.461 e. The number of H-pyrrole nitrogens is 1. The minimum atomic E-state index is -0.208. The second-order valence-electron chi connectivity index (χ2n) is 7.16. The van der Waals surface area contributed by atoms with Crippen LogP contribution in [0.2, 0.25) is 0 Å². The fourth-order valence-electron chi connectivity index (χ4n) is 4.17. The Morgan fingerprint density at radius 3 is 3.12 bits per heavy atom. The molecule has 4 heterocycles. The molecule has 128 valence electrons. The SMILES string of the molecule is O=C(Nc1ccc2nc(-c3ccco3)[nH]c2c1)C12CCCN(CC1)C2. The zero-order chi connectivity index (χ0) is 16.9. The molecule has 0 saturated carbocycles. The zero-order valence-corrected chi connectivity index (χ0v) is 13.9. The normalized spacial score (nSPS) is 25.4. The van der Waals surface area contributed by atoms with Crippen molar-refractivity contribution in [1.82, 2.24) is 14.9 Å². The van der Waals surface area contributed by atoms with Crippen LogP contribution in [0.1, 0.15) is 19.3 Å². The van der Waals surface area contributed by atoms with E-state index in [9.17, 15) is 4.79 Å². The van der Waals surface area contributed by atoms with Gasteiger partial charge in [0.2, 0.25) is 5.91 Å². The van der Waals surface area contributed by atoms with Gasteiger partial charge in [0.25, 0.3) is 0 Å². The molecule has 25 heavy (non-hydrogen) atoms. The highest BCUT2D eigenvalue weighted by Crippen LogP contribution is 2.40. The first-order chi connectivity index (χ1) is 12.2. The van der Waals surface area contributed by atoms with Crippen molar-refractivity contribution in [2.24, 2.45) is 5.41 Å². The number of nitrogens with one attached hydrogen (secondary N) is 2. The molecule has 0 aliphatic carbocycles. The second kappa shape index (κ2) is 5.46. The van der Waals surface area contributed by atoms with Gasteiger partial charge < -0.3 is 19.6 Å². The van der Waals surface area contributed by atoms with Crippen LogP contribution in [0.3, 0.4) is 0 Å². The van der Waals surface area contributed by atoms with Gasteiger partial charge >= 0.3 is 0 Å². The first-order valence-electron chi connectivity index (χ1n) is 8.79. The fourth-order valence-corrected chi connectivity index (χ4v) is 4.17. The van der Waals surface area contributed by atoms with Crippen molar-refractivity contribution in [3.63, 3.8) is 0 Å². The van der Waals surface area contributed by atoms with E-state index in [1.165, 1.54) is 0 Å². The van der Waals surface area contributed by atoms with Gasteiger partial charge in [0.05, 0.1) is 22.7 Å². The minimum absolute atomic E-state index is 0.153. The van der Waals surface area contributed by atoms with Gasteiger partial charge in [-0.15, -0.1) is 0 Å². The molecule has 2 bridgehead atoms. The number of aromatic nitrogens is 2. The minimum Gasteiger partial charge on any atom is -0.461 e. The van der Waals surface area contributed by atoms with Crippen molar-refractivity contribution in [1.29, 1.82) is 0 Å². The third kappa shape index (κ3) is 2.44. The number of carbonyl (C=O) groups is 1. The predicted octanol–water partition coefficient (Wildman–Crippen LogP) is 3.25. The molecule has 1 amide bonds. The molecular formula is C19H20N4O2. The van der Waals surface area contributed by atoms with E-state index in [4.69, 9.17) is 4.42 Å². The number of hydrogen-bond donors (Lipinski definition) is 2. The molecule has 0 spiro atoms. The van der Waals surface area contributed by atoms with Gasteiger partial charge in [-0.25, -0.2) is 4.98 Å². The lowest BCUT2D eigenvalue weighted by molar-refractivity contribution is -0.126. The predicted molar refractivity (Wildman–Crippen MR) is 95.1 cm³/mol.